The van der Waals surface area contributed by atoms with Gasteiger partial charge in [0.05, 0.1) is 24.0 Å². The van der Waals surface area contributed by atoms with Gasteiger partial charge in [-0.1, -0.05) is 16.4 Å². The molecule has 1 aromatic carbocycles. The molecule has 3 rings (SSSR count). The lowest BCUT2D eigenvalue weighted by Gasteiger charge is -2.05. The molecular formula is C15H12N4O6S. The van der Waals surface area contributed by atoms with E-state index in [1.54, 1.807) is 18.2 Å². The third-order valence-corrected chi connectivity index (χ3v) is 4.28. The molecular weight excluding hydrogens is 364 g/mol. The van der Waals surface area contributed by atoms with Crippen LogP contribution in [-0.4, -0.2) is 35.2 Å². The first-order valence-corrected chi connectivity index (χ1v) is 7.94. The summed E-state index contributed by atoms with van der Waals surface area (Å²) in [6.45, 7) is 0. The van der Waals surface area contributed by atoms with Gasteiger partial charge >= 0.3 is 11.0 Å². The van der Waals surface area contributed by atoms with Gasteiger partial charge in [0.25, 0.3) is 5.91 Å². The third kappa shape index (κ3) is 3.62. The summed E-state index contributed by atoms with van der Waals surface area (Å²) in [6.07, 6.45) is 0. The topological polar surface area (TPSA) is 130 Å². The van der Waals surface area contributed by atoms with Crippen molar-refractivity contribution in [3.8, 4) is 23.0 Å². The fourth-order valence-electron chi connectivity index (χ4n) is 2.03. The number of ether oxygens (including phenoxy) is 2. The van der Waals surface area contributed by atoms with Crippen molar-refractivity contribution in [3.63, 3.8) is 0 Å². The molecule has 0 aliphatic carbocycles. The van der Waals surface area contributed by atoms with Crippen molar-refractivity contribution in [3.05, 3.63) is 45.3 Å². The fraction of sp³-hybridized carbons (Fsp3) is 0.133. The smallest absolute Gasteiger partial charge is 0.324 e. The van der Waals surface area contributed by atoms with Gasteiger partial charge in [-0.3, -0.25) is 20.2 Å². The van der Waals surface area contributed by atoms with Crippen molar-refractivity contribution in [2.75, 3.05) is 19.5 Å². The molecule has 1 amide bonds. The molecule has 26 heavy (non-hydrogen) atoms. The highest BCUT2D eigenvalue weighted by molar-refractivity contribution is 7.17. The van der Waals surface area contributed by atoms with Crippen LogP contribution < -0.4 is 14.8 Å². The number of carbonyl (C=O) groups excluding carboxylic acids is 1. The highest BCUT2D eigenvalue weighted by Crippen LogP contribution is 2.30. The first kappa shape index (κ1) is 17.4. The van der Waals surface area contributed by atoms with Gasteiger partial charge in [0, 0.05) is 17.7 Å². The van der Waals surface area contributed by atoms with E-state index < -0.39 is 10.8 Å². The van der Waals surface area contributed by atoms with Crippen molar-refractivity contribution in [1.29, 1.82) is 0 Å². The van der Waals surface area contributed by atoms with Gasteiger partial charge in [0.2, 0.25) is 5.89 Å². The Morgan fingerprint density at radius 3 is 2.46 bits per heavy atom. The molecule has 0 fully saturated rings. The Bertz CT molecular complexity index is 944. The van der Waals surface area contributed by atoms with Crippen LogP contribution in [0.2, 0.25) is 0 Å². The number of methoxy groups -OCH3 is 2. The molecule has 0 aliphatic heterocycles. The predicted molar refractivity (Wildman–Crippen MR) is 91.8 cm³/mol. The second kappa shape index (κ2) is 7.19. The van der Waals surface area contributed by atoms with E-state index in [0.717, 1.165) is 11.3 Å². The summed E-state index contributed by atoms with van der Waals surface area (Å²) in [6, 6.07) is 7.49. The molecule has 11 heteroatoms. The summed E-state index contributed by atoms with van der Waals surface area (Å²) in [5, 5.41) is 20.6. The van der Waals surface area contributed by atoms with Gasteiger partial charge in [-0.25, -0.2) is 0 Å². The third-order valence-electron chi connectivity index (χ3n) is 3.24. The lowest BCUT2D eigenvalue weighted by Crippen LogP contribution is -2.10. The minimum atomic E-state index is -0.582. The number of nitrogens with zero attached hydrogens (tertiary/aromatic N) is 3. The maximum absolute atomic E-state index is 12.1. The number of thiophene rings is 1. The zero-order chi connectivity index (χ0) is 18.7. The summed E-state index contributed by atoms with van der Waals surface area (Å²) in [5.74, 6) is 0.638. The fourth-order valence-corrected chi connectivity index (χ4v) is 2.74. The van der Waals surface area contributed by atoms with Gasteiger partial charge < -0.3 is 13.9 Å². The number of nitrogens with one attached hydrogen (secondary N) is 1. The van der Waals surface area contributed by atoms with E-state index in [-0.39, 0.29) is 21.8 Å². The van der Waals surface area contributed by atoms with Crippen LogP contribution >= 0.6 is 11.3 Å². The number of aromatic nitrogens is 2. The van der Waals surface area contributed by atoms with Gasteiger partial charge in [-0.15, -0.1) is 5.10 Å². The number of anilines is 1. The number of benzene rings is 1. The number of rotatable bonds is 6. The van der Waals surface area contributed by atoms with E-state index in [2.05, 4.69) is 15.5 Å². The maximum atomic E-state index is 12.1. The normalized spacial score (nSPS) is 10.4. The van der Waals surface area contributed by atoms with E-state index in [4.69, 9.17) is 13.9 Å². The molecule has 2 aromatic heterocycles. The molecule has 0 radical (unpaired) electrons. The van der Waals surface area contributed by atoms with Crippen molar-refractivity contribution in [1.82, 2.24) is 10.2 Å². The Labute approximate surface area is 150 Å². The van der Waals surface area contributed by atoms with E-state index in [1.807, 2.05) is 0 Å². The van der Waals surface area contributed by atoms with Crippen molar-refractivity contribution >= 4 is 28.3 Å². The number of amides is 1. The number of hydrogen-bond donors (Lipinski definition) is 1. The van der Waals surface area contributed by atoms with Crippen molar-refractivity contribution in [2.24, 2.45) is 0 Å². The summed E-state index contributed by atoms with van der Waals surface area (Å²) < 4.78 is 15.8. The summed E-state index contributed by atoms with van der Waals surface area (Å²) in [7, 11) is 3.02. The van der Waals surface area contributed by atoms with E-state index >= 15 is 0 Å². The first-order chi connectivity index (χ1) is 12.5. The predicted octanol–water partition coefficient (Wildman–Crippen LogP) is 2.98. The van der Waals surface area contributed by atoms with Crippen LogP contribution in [0, 0.1) is 10.1 Å². The highest BCUT2D eigenvalue weighted by Gasteiger charge is 2.18. The highest BCUT2D eigenvalue weighted by atomic mass is 32.1. The lowest BCUT2D eigenvalue weighted by molar-refractivity contribution is -0.380. The van der Waals surface area contributed by atoms with Crippen molar-refractivity contribution < 1.29 is 23.6 Å². The average molecular weight is 376 g/mol. The van der Waals surface area contributed by atoms with E-state index in [9.17, 15) is 14.9 Å². The van der Waals surface area contributed by atoms with Crippen molar-refractivity contribution in [2.45, 2.75) is 0 Å². The van der Waals surface area contributed by atoms with Gasteiger partial charge in [-0.05, 0) is 18.2 Å². The molecule has 1 N–H and O–H groups in total. The lowest BCUT2D eigenvalue weighted by atomic mass is 10.2. The van der Waals surface area contributed by atoms with Crippen LogP contribution in [0.5, 0.6) is 11.5 Å². The van der Waals surface area contributed by atoms with Gasteiger partial charge in [0.1, 0.15) is 11.5 Å². The Morgan fingerprint density at radius 1 is 1.19 bits per heavy atom. The molecule has 2 heterocycles. The molecule has 0 aliphatic rings. The maximum Gasteiger partial charge on any atom is 0.324 e. The number of carbonyl (C=O) groups is 1. The largest absolute Gasteiger partial charge is 0.497 e. The molecule has 0 bridgehead atoms. The average Bonchev–Trinajstić information content (AvgIpc) is 3.30. The van der Waals surface area contributed by atoms with Gasteiger partial charge in [-0.2, -0.15) is 0 Å². The SMILES string of the molecule is COc1cc(OC)cc(-c2nnc(NC(=O)c3ccc([N+](=O)[O-])s3)o2)c1. The van der Waals surface area contributed by atoms with E-state index in [0.29, 0.717) is 17.1 Å². The van der Waals surface area contributed by atoms with Crippen LogP contribution in [0.3, 0.4) is 0 Å². The minimum Gasteiger partial charge on any atom is -0.497 e. The molecule has 0 unspecified atom stereocenters. The standard InChI is InChI=1S/C15H12N4O6S/c1-23-9-5-8(6-10(7-9)24-2)14-17-18-15(25-14)16-13(20)11-3-4-12(26-11)19(21)22/h3-7H,1-2H3,(H,16,18,20). The van der Waals surface area contributed by atoms with Crippen LogP contribution in [0.25, 0.3) is 11.5 Å². The van der Waals surface area contributed by atoms with Gasteiger partial charge in [0.15, 0.2) is 0 Å². The molecule has 134 valence electrons. The van der Waals surface area contributed by atoms with Crippen LogP contribution in [0.1, 0.15) is 9.67 Å². The monoisotopic (exact) mass is 376 g/mol. The molecule has 0 saturated heterocycles. The Kier molecular flexibility index (Phi) is 4.80. The molecule has 3 aromatic rings. The second-order valence-corrected chi connectivity index (χ2v) is 5.93. The zero-order valence-electron chi connectivity index (χ0n) is 13.6. The zero-order valence-corrected chi connectivity index (χ0v) is 14.4. The number of nitro groups is 1. The molecule has 0 spiro atoms. The Balaban J connectivity index is 1.79. The second-order valence-electron chi connectivity index (χ2n) is 4.86. The molecule has 0 atom stereocenters. The minimum absolute atomic E-state index is 0.134. The molecule has 10 nitrogen and oxygen atoms in total. The summed E-state index contributed by atoms with van der Waals surface area (Å²) >= 11 is 0.747. The molecule has 0 saturated carbocycles. The van der Waals surface area contributed by atoms with E-state index in [1.165, 1.54) is 26.4 Å². The summed E-state index contributed by atoms with van der Waals surface area (Å²) in [4.78, 5) is 22.4. The quantitative estimate of drug-likeness (QED) is 0.513. The first-order valence-electron chi connectivity index (χ1n) is 7.12. The van der Waals surface area contributed by atoms with Crippen LogP contribution in [0.15, 0.2) is 34.7 Å². The number of hydrogen-bond acceptors (Lipinski definition) is 9. The Hall–Kier alpha value is -3.47. The Morgan fingerprint density at radius 2 is 1.88 bits per heavy atom. The van der Waals surface area contributed by atoms with Crippen LogP contribution in [0.4, 0.5) is 11.0 Å². The summed E-state index contributed by atoms with van der Waals surface area (Å²) in [5.41, 5.74) is 0.543. The van der Waals surface area contributed by atoms with Crippen LogP contribution in [-0.2, 0) is 0 Å².